The predicted octanol–water partition coefficient (Wildman–Crippen LogP) is 3.40. The number of hydrogen-bond acceptors (Lipinski definition) is 4. The van der Waals surface area contributed by atoms with Crippen LogP contribution in [0.3, 0.4) is 0 Å². The summed E-state index contributed by atoms with van der Waals surface area (Å²) in [5, 5.41) is 3.89. The Bertz CT molecular complexity index is 670. The van der Waals surface area contributed by atoms with E-state index in [9.17, 15) is 4.79 Å². The largest absolute Gasteiger partial charge is 0.376 e. The van der Waals surface area contributed by atoms with Gasteiger partial charge in [0.15, 0.2) is 0 Å². The molecule has 0 radical (unpaired) electrons. The number of thiophene rings is 1. The van der Waals surface area contributed by atoms with Gasteiger partial charge in [0.25, 0.3) is 5.91 Å². The van der Waals surface area contributed by atoms with Gasteiger partial charge in [0.1, 0.15) is 0 Å². The van der Waals surface area contributed by atoms with Crippen molar-refractivity contribution >= 4 is 17.2 Å². The maximum Gasteiger partial charge on any atom is 0.255 e. The van der Waals surface area contributed by atoms with Gasteiger partial charge in [-0.05, 0) is 54.7 Å². The first-order valence-electron chi connectivity index (χ1n) is 8.65. The van der Waals surface area contributed by atoms with Crippen molar-refractivity contribution in [3.8, 4) is 0 Å². The summed E-state index contributed by atoms with van der Waals surface area (Å²) in [6.07, 6.45) is 8.12. The Balaban J connectivity index is 1.51. The molecule has 1 saturated heterocycles. The first-order chi connectivity index (χ1) is 11.8. The number of likely N-dealkylation sites (tertiary alicyclic amines) is 1. The fraction of sp³-hybridized carbons (Fsp3) is 0.474. The number of hydrogen-bond donors (Lipinski definition) is 0. The van der Waals surface area contributed by atoms with Crippen LogP contribution in [0.25, 0.3) is 0 Å². The van der Waals surface area contributed by atoms with Gasteiger partial charge in [-0.1, -0.05) is 6.07 Å². The molecule has 1 aliphatic heterocycles. The summed E-state index contributed by atoms with van der Waals surface area (Å²) in [5.74, 6) is 0.869. The highest BCUT2D eigenvalue weighted by Gasteiger charge is 2.39. The summed E-state index contributed by atoms with van der Waals surface area (Å²) in [4.78, 5) is 19.1. The van der Waals surface area contributed by atoms with Gasteiger partial charge in [-0.25, -0.2) is 0 Å². The summed E-state index contributed by atoms with van der Waals surface area (Å²) in [6, 6.07) is 6.04. The fourth-order valence-corrected chi connectivity index (χ4v) is 4.00. The fourth-order valence-electron chi connectivity index (χ4n) is 3.37. The lowest BCUT2D eigenvalue weighted by Gasteiger charge is -2.28. The van der Waals surface area contributed by atoms with Gasteiger partial charge in [0.2, 0.25) is 0 Å². The molecular weight excluding hydrogens is 320 g/mol. The van der Waals surface area contributed by atoms with Crippen LogP contribution in [-0.2, 0) is 11.2 Å². The summed E-state index contributed by atoms with van der Waals surface area (Å²) < 4.78 is 6.20. The lowest BCUT2D eigenvalue weighted by Crippen LogP contribution is -2.42. The van der Waals surface area contributed by atoms with Crippen LogP contribution in [0, 0.1) is 5.92 Å². The van der Waals surface area contributed by atoms with Crippen molar-refractivity contribution in [3.63, 3.8) is 0 Å². The molecule has 0 unspecified atom stereocenters. The van der Waals surface area contributed by atoms with Gasteiger partial charge in [0, 0.05) is 30.9 Å². The Morgan fingerprint density at radius 3 is 2.96 bits per heavy atom. The monoisotopic (exact) mass is 342 g/mol. The van der Waals surface area contributed by atoms with E-state index in [4.69, 9.17) is 4.74 Å². The van der Waals surface area contributed by atoms with E-state index >= 15 is 0 Å². The van der Waals surface area contributed by atoms with Crippen LogP contribution in [0.5, 0.6) is 0 Å². The molecule has 5 heteroatoms. The van der Waals surface area contributed by atoms with Gasteiger partial charge < -0.3 is 9.64 Å². The van der Waals surface area contributed by atoms with Gasteiger partial charge in [0.05, 0.1) is 17.7 Å². The average molecular weight is 342 g/mol. The molecule has 2 aromatic heterocycles. The van der Waals surface area contributed by atoms with E-state index in [1.54, 1.807) is 17.5 Å². The third-order valence-electron chi connectivity index (χ3n) is 4.92. The van der Waals surface area contributed by atoms with Gasteiger partial charge in [-0.3, -0.25) is 9.78 Å². The minimum atomic E-state index is 0.0975. The summed E-state index contributed by atoms with van der Waals surface area (Å²) in [5.41, 5.74) is 1.95. The maximum absolute atomic E-state index is 12.9. The normalized spacial score (nSPS) is 23.6. The molecular formula is C19H22N2O2S. The standard InChI is InChI=1S/C19H22N2O2S/c22-19(16-6-9-24-13-16)21-8-5-18(23-12-14-3-4-14)17(21)10-15-2-1-7-20-11-15/h1-2,6-7,9,11,13-14,17-18H,3-5,8,10,12H2/t17-,18+/m0/s1. The van der Waals surface area contributed by atoms with Crippen LogP contribution in [-0.4, -0.2) is 41.1 Å². The molecule has 2 aliphatic rings. The molecule has 0 aromatic carbocycles. The molecule has 3 heterocycles. The number of carbonyl (C=O) groups excluding carboxylic acids is 1. The number of carbonyl (C=O) groups is 1. The zero-order valence-corrected chi connectivity index (χ0v) is 14.5. The molecule has 126 valence electrons. The van der Waals surface area contributed by atoms with E-state index < -0.39 is 0 Å². The molecule has 4 nitrogen and oxygen atoms in total. The van der Waals surface area contributed by atoms with Crippen LogP contribution < -0.4 is 0 Å². The quantitative estimate of drug-likeness (QED) is 0.808. The molecule has 2 fully saturated rings. The number of nitrogens with zero attached hydrogens (tertiary/aromatic N) is 2. The highest BCUT2D eigenvalue weighted by Crippen LogP contribution is 2.32. The predicted molar refractivity (Wildman–Crippen MR) is 94.2 cm³/mol. The molecule has 0 N–H and O–H groups in total. The lowest BCUT2D eigenvalue weighted by molar-refractivity contribution is 0.0200. The van der Waals surface area contributed by atoms with Crippen LogP contribution in [0.15, 0.2) is 41.4 Å². The Labute approximate surface area is 146 Å². The Hall–Kier alpha value is -1.72. The molecule has 1 aliphatic carbocycles. The second-order valence-corrected chi connectivity index (χ2v) is 7.53. The number of pyridine rings is 1. The van der Waals surface area contributed by atoms with E-state index in [1.807, 2.05) is 34.0 Å². The molecule has 1 saturated carbocycles. The highest BCUT2D eigenvalue weighted by atomic mass is 32.1. The second kappa shape index (κ2) is 7.03. The first-order valence-corrected chi connectivity index (χ1v) is 9.59. The van der Waals surface area contributed by atoms with E-state index in [1.165, 1.54) is 12.8 Å². The Morgan fingerprint density at radius 2 is 2.25 bits per heavy atom. The van der Waals surface area contributed by atoms with E-state index in [-0.39, 0.29) is 18.1 Å². The van der Waals surface area contributed by atoms with E-state index in [0.717, 1.165) is 43.0 Å². The molecule has 2 aromatic rings. The SMILES string of the molecule is O=C(c1ccsc1)N1CC[C@@H](OCC2CC2)[C@@H]1Cc1cccnc1. The van der Waals surface area contributed by atoms with Crippen LogP contribution >= 0.6 is 11.3 Å². The van der Waals surface area contributed by atoms with Crippen LogP contribution in [0.4, 0.5) is 0 Å². The number of ether oxygens (including phenoxy) is 1. The molecule has 2 atom stereocenters. The Kier molecular flexibility index (Phi) is 4.63. The number of aromatic nitrogens is 1. The molecule has 0 bridgehead atoms. The average Bonchev–Trinajstić information content (AvgIpc) is 3.12. The van der Waals surface area contributed by atoms with Crippen molar-refractivity contribution in [2.75, 3.05) is 13.2 Å². The van der Waals surface area contributed by atoms with Gasteiger partial charge in [-0.15, -0.1) is 0 Å². The van der Waals surface area contributed by atoms with Crippen molar-refractivity contribution in [2.24, 2.45) is 5.92 Å². The van der Waals surface area contributed by atoms with Crippen molar-refractivity contribution < 1.29 is 9.53 Å². The molecule has 1 amide bonds. The summed E-state index contributed by atoms with van der Waals surface area (Å²) in [6.45, 7) is 1.61. The minimum absolute atomic E-state index is 0.0975. The number of amides is 1. The molecule has 0 spiro atoms. The first kappa shape index (κ1) is 15.8. The lowest BCUT2D eigenvalue weighted by atomic mass is 10.0. The van der Waals surface area contributed by atoms with Crippen molar-refractivity contribution in [2.45, 2.75) is 37.8 Å². The topological polar surface area (TPSA) is 42.4 Å². The van der Waals surface area contributed by atoms with Crippen molar-refractivity contribution in [1.29, 1.82) is 0 Å². The van der Waals surface area contributed by atoms with E-state index in [0.29, 0.717) is 0 Å². The maximum atomic E-state index is 12.9. The second-order valence-electron chi connectivity index (χ2n) is 6.75. The summed E-state index contributed by atoms with van der Waals surface area (Å²) in [7, 11) is 0. The highest BCUT2D eigenvalue weighted by molar-refractivity contribution is 7.08. The van der Waals surface area contributed by atoms with Crippen LogP contribution in [0.1, 0.15) is 35.2 Å². The molecule has 24 heavy (non-hydrogen) atoms. The van der Waals surface area contributed by atoms with Gasteiger partial charge >= 0.3 is 0 Å². The van der Waals surface area contributed by atoms with Crippen LogP contribution in [0.2, 0.25) is 0 Å². The molecule has 4 rings (SSSR count). The number of rotatable bonds is 6. The Morgan fingerprint density at radius 1 is 1.33 bits per heavy atom. The van der Waals surface area contributed by atoms with Gasteiger partial charge in [-0.2, -0.15) is 11.3 Å². The third-order valence-corrected chi connectivity index (χ3v) is 5.61. The van der Waals surface area contributed by atoms with Crippen molar-refractivity contribution in [1.82, 2.24) is 9.88 Å². The summed E-state index contributed by atoms with van der Waals surface area (Å²) >= 11 is 1.57. The van der Waals surface area contributed by atoms with Crippen molar-refractivity contribution in [3.05, 3.63) is 52.5 Å². The van der Waals surface area contributed by atoms with E-state index in [2.05, 4.69) is 11.1 Å². The minimum Gasteiger partial charge on any atom is -0.376 e. The zero-order valence-electron chi connectivity index (χ0n) is 13.6. The third kappa shape index (κ3) is 3.52. The zero-order chi connectivity index (χ0) is 16.4. The smallest absolute Gasteiger partial charge is 0.255 e.